The Morgan fingerprint density at radius 2 is 1.76 bits per heavy atom. The molecule has 0 aromatic heterocycles. The number of halogens is 1. The highest BCUT2D eigenvalue weighted by Crippen LogP contribution is 2.14. The summed E-state index contributed by atoms with van der Waals surface area (Å²) < 4.78 is 12.7. The van der Waals surface area contributed by atoms with Crippen molar-refractivity contribution in [1.82, 2.24) is 10.6 Å². The van der Waals surface area contributed by atoms with Crippen LogP contribution in [0.4, 0.5) is 4.39 Å². The summed E-state index contributed by atoms with van der Waals surface area (Å²) in [6.45, 7) is 3.73. The lowest BCUT2D eigenvalue weighted by molar-refractivity contribution is -0.145. The Bertz CT molecular complexity index is 484. The summed E-state index contributed by atoms with van der Waals surface area (Å²) in [5.41, 5.74) is -0.298. The summed E-state index contributed by atoms with van der Waals surface area (Å²) >= 11 is 0. The smallest absolute Gasteiger partial charge is 0.323 e. The van der Waals surface area contributed by atoms with Crippen LogP contribution in [0.2, 0.25) is 0 Å². The first-order valence-corrected chi connectivity index (χ1v) is 6.93. The van der Waals surface area contributed by atoms with Crippen LogP contribution in [0.3, 0.4) is 0 Å². The van der Waals surface area contributed by atoms with Gasteiger partial charge in [-0.3, -0.25) is 14.9 Å². The van der Waals surface area contributed by atoms with Crippen LogP contribution in [0.15, 0.2) is 24.3 Å². The largest absolute Gasteiger partial charge is 0.480 e. The number of aliphatic carboxylic acids is 1. The maximum absolute atomic E-state index is 12.7. The predicted octanol–water partition coefficient (Wildman–Crippen LogP) is 1.67. The third-order valence-corrected chi connectivity index (χ3v) is 3.61. The maximum atomic E-state index is 12.7. The van der Waals surface area contributed by atoms with E-state index in [1.165, 1.54) is 12.1 Å². The van der Waals surface area contributed by atoms with Crippen LogP contribution in [-0.2, 0) is 16.1 Å². The molecular formula is C15H21FN2O3. The van der Waals surface area contributed by atoms with Gasteiger partial charge in [0.15, 0.2) is 0 Å². The van der Waals surface area contributed by atoms with Gasteiger partial charge in [-0.05, 0) is 30.5 Å². The zero-order valence-electron chi connectivity index (χ0n) is 12.3. The first-order valence-electron chi connectivity index (χ1n) is 6.93. The van der Waals surface area contributed by atoms with Crippen LogP contribution < -0.4 is 10.6 Å². The second-order valence-corrected chi connectivity index (χ2v) is 4.85. The highest BCUT2D eigenvalue weighted by atomic mass is 19.1. The SMILES string of the molecule is CCC(CC)(NCC(=O)NCc1ccc(F)cc1)C(=O)O. The van der Waals surface area contributed by atoms with Crippen molar-refractivity contribution in [3.05, 3.63) is 35.6 Å². The van der Waals surface area contributed by atoms with Crippen molar-refractivity contribution < 1.29 is 19.1 Å². The number of rotatable bonds is 8. The van der Waals surface area contributed by atoms with Gasteiger partial charge in [0.05, 0.1) is 6.54 Å². The fourth-order valence-corrected chi connectivity index (χ4v) is 1.99. The molecule has 0 fully saturated rings. The molecule has 0 heterocycles. The Morgan fingerprint density at radius 1 is 1.19 bits per heavy atom. The molecule has 21 heavy (non-hydrogen) atoms. The van der Waals surface area contributed by atoms with Gasteiger partial charge in [-0.2, -0.15) is 0 Å². The Kier molecular flexibility index (Phi) is 6.30. The fraction of sp³-hybridized carbons (Fsp3) is 0.467. The van der Waals surface area contributed by atoms with Crippen LogP contribution in [0.25, 0.3) is 0 Å². The standard InChI is InChI=1S/C15H21FN2O3/c1-3-15(4-2,14(20)21)18-10-13(19)17-9-11-5-7-12(16)8-6-11/h5-8,18H,3-4,9-10H2,1-2H3,(H,17,19)(H,20,21). The fourth-order valence-electron chi connectivity index (χ4n) is 1.99. The summed E-state index contributed by atoms with van der Waals surface area (Å²) in [6.07, 6.45) is 0.786. The van der Waals surface area contributed by atoms with E-state index in [-0.39, 0.29) is 24.8 Å². The number of carboxylic acids is 1. The molecule has 0 aliphatic carbocycles. The lowest BCUT2D eigenvalue weighted by Gasteiger charge is -2.27. The van der Waals surface area contributed by atoms with Crippen LogP contribution in [0, 0.1) is 5.82 Å². The van der Waals surface area contributed by atoms with Crippen molar-refractivity contribution >= 4 is 11.9 Å². The van der Waals surface area contributed by atoms with Gasteiger partial charge in [0.25, 0.3) is 0 Å². The van der Waals surface area contributed by atoms with Gasteiger partial charge in [0.1, 0.15) is 11.4 Å². The van der Waals surface area contributed by atoms with Gasteiger partial charge >= 0.3 is 5.97 Å². The van der Waals surface area contributed by atoms with Crippen LogP contribution in [0.5, 0.6) is 0 Å². The van der Waals surface area contributed by atoms with Crippen molar-refractivity contribution in [2.75, 3.05) is 6.54 Å². The molecule has 0 radical (unpaired) electrons. The van der Waals surface area contributed by atoms with E-state index < -0.39 is 11.5 Å². The van der Waals surface area contributed by atoms with E-state index >= 15 is 0 Å². The van der Waals surface area contributed by atoms with E-state index in [9.17, 15) is 19.1 Å². The molecule has 1 aromatic rings. The average Bonchev–Trinajstić information content (AvgIpc) is 2.48. The summed E-state index contributed by atoms with van der Waals surface area (Å²) in [6, 6.07) is 5.82. The minimum absolute atomic E-state index is 0.0742. The molecule has 0 aliphatic rings. The second kappa shape index (κ2) is 7.73. The van der Waals surface area contributed by atoms with Gasteiger partial charge in [0.2, 0.25) is 5.91 Å². The Balaban J connectivity index is 2.46. The van der Waals surface area contributed by atoms with E-state index in [2.05, 4.69) is 10.6 Å². The van der Waals surface area contributed by atoms with Gasteiger partial charge in [-0.25, -0.2) is 4.39 Å². The zero-order chi connectivity index (χ0) is 15.9. The Hall–Kier alpha value is -1.95. The number of nitrogens with one attached hydrogen (secondary N) is 2. The van der Waals surface area contributed by atoms with E-state index in [0.717, 1.165) is 5.56 Å². The minimum atomic E-state index is -1.08. The number of carbonyl (C=O) groups excluding carboxylic acids is 1. The number of benzene rings is 1. The molecule has 0 aliphatic heterocycles. The molecule has 116 valence electrons. The Labute approximate surface area is 123 Å². The van der Waals surface area contributed by atoms with Crippen LogP contribution in [0.1, 0.15) is 32.3 Å². The molecule has 5 nitrogen and oxygen atoms in total. The van der Waals surface area contributed by atoms with E-state index in [0.29, 0.717) is 12.8 Å². The second-order valence-electron chi connectivity index (χ2n) is 4.85. The van der Waals surface area contributed by atoms with Crippen LogP contribution in [-0.4, -0.2) is 29.1 Å². The predicted molar refractivity (Wildman–Crippen MR) is 77.2 cm³/mol. The molecule has 1 rings (SSSR count). The highest BCUT2D eigenvalue weighted by molar-refractivity contribution is 5.82. The number of hydrogen-bond donors (Lipinski definition) is 3. The monoisotopic (exact) mass is 296 g/mol. The highest BCUT2D eigenvalue weighted by Gasteiger charge is 2.34. The summed E-state index contributed by atoms with van der Waals surface area (Å²) in [7, 11) is 0. The van der Waals surface area contributed by atoms with Gasteiger partial charge in [-0.1, -0.05) is 26.0 Å². The molecule has 3 N–H and O–H groups in total. The van der Waals surface area contributed by atoms with Crippen molar-refractivity contribution in [2.45, 2.75) is 38.8 Å². The van der Waals surface area contributed by atoms with Gasteiger partial charge < -0.3 is 10.4 Å². The third kappa shape index (κ3) is 4.82. The first-order chi connectivity index (χ1) is 9.93. The first kappa shape index (κ1) is 17.1. The lowest BCUT2D eigenvalue weighted by Crippen LogP contribution is -2.54. The molecule has 1 aromatic carbocycles. The summed E-state index contributed by atoms with van der Waals surface area (Å²) in [5.74, 6) is -1.59. The number of carboxylic acid groups (broad SMARTS) is 1. The molecule has 6 heteroatoms. The molecule has 0 saturated heterocycles. The molecule has 0 unspecified atom stereocenters. The quantitative estimate of drug-likeness (QED) is 0.682. The molecular weight excluding hydrogens is 275 g/mol. The van der Waals surface area contributed by atoms with Gasteiger partial charge in [0, 0.05) is 6.54 Å². The molecule has 0 bridgehead atoms. The van der Waals surface area contributed by atoms with Crippen molar-refractivity contribution in [2.24, 2.45) is 0 Å². The number of carbonyl (C=O) groups is 2. The topological polar surface area (TPSA) is 78.4 Å². The average molecular weight is 296 g/mol. The summed E-state index contributed by atoms with van der Waals surface area (Å²) in [5, 5.41) is 14.7. The maximum Gasteiger partial charge on any atom is 0.323 e. The molecule has 0 atom stereocenters. The molecule has 1 amide bonds. The normalized spacial score (nSPS) is 11.2. The van der Waals surface area contributed by atoms with Crippen molar-refractivity contribution in [3.63, 3.8) is 0 Å². The molecule has 0 saturated carbocycles. The van der Waals surface area contributed by atoms with E-state index in [1.54, 1.807) is 26.0 Å². The van der Waals surface area contributed by atoms with Crippen molar-refractivity contribution in [1.29, 1.82) is 0 Å². The third-order valence-electron chi connectivity index (χ3n) is 3.61. The number of hydrogen-bond acceptors (Lipinski definition) is 3. The Morgan fingerprint density at radius 3 is 2.24 bits per heavy atom. The van der Waals surface area contributed by atoms with E-state index in [1.807, 2.05) is 0 Å². The van der Waals surface area contributed by atoms with E-state index in [4.69, 9.17) is 0 Å². The van der Waals surface area contributed by atoms with Crippen LogP contribution >= 0.6 is 0 Å². The van der Waals surface area contributed by atoms with Crippen molar-refractivity contribution in [3.8, 4) is 0 Å². The minimum Gasteiger partial charge on any atom is -0.480 e. The molecule has 0 spiro atoms. The number of amides is 1. The lowest BCUT2D eigenvalue weighted by atomic mass is 9.93. The zero-order valence-corrected chi connectivity index (χ0v) is 12.3. The summed E-state index contributed by atoms with van der Waals surface area (Å²) in [4.78, 5) is 23.0. The van der Waals surface area contributed by atoms with Gasteiger partial charge in [-0.15, -0.1) is 0 Å².